The fourth-order valence-corrected chi connectivity index (χ4v) is 2.71. The van der Waals surface area contributed by atoms with Gasteiger partial charge in [-0.25, -0.2) is 4.98 Å². The molecule has 3 aromatic heterocycles. The van der Waals surface area contributed by atoms with E-state index in [1.807, 2.05) is 35.9 Å². The van der Waals surface area contributed by atoms with Crippen molar-refractivity contribution in [2.45, 2.75) is 13.5 Å². The molecule has 0 saturated heterocycles. The zero-order chi connectivity index (χ0) is 13.2. The molecule has 0 unspecified atom stereocenters. The molecule has 0 fully saturated rings. The summed E-state index contributed by atoms with van der Waals surface area (Å²) in [4.78, 5) is 17.0. The summed E-state index contributed by atoms with van der Waals surface area (Å²) < 4.78 is 3.68. The lowest BCUT2D eigenvalue weighted by molar-refractivity contribution is 0.762. The van der Waals surface area contributed by atoms with Crippen LogP contribution in [0.25, 0.3) is 17.1 Å². The highest BCUT2D eigenvalue weighted by molar-refractivity contribution is 7.15. The van der Waals surface area contributed by atoms with Crippen LogP contribution in [0.2, 0.25) is 0 Å². The normalized spacial score (nSPS) is 11.6. The zero-order valence-electron chi connectivity index (χ0n) is 10.5. The van der Waals surface area contributed by atoms with Gasteiger partial charge < -0.3 is 4.57 Å². The monoisotopic (exact) mass is 271 g/mol. The Morgan fingerprint density at radius 3 is 3.11 bits per heavy atom. The molecule has 0 aromatic carbocycles. The van der Waals surface area contributed by atoms with E-state index >= 15 is 0 Å². The first-order chi connectivity index (χ1) is 9.28. The second kappa shape index (κ2) is 4.85. The largest absolute Gasteiger partial charge is 0.348 e. The van der Waals surface area contributed by atoms with Gasteiger partial charge in [0, 0.05) is 36.1 Å². The van der Waals surface area contributed by atoms with Crippen molar-refractivity contribution in [1.82, 2.24) is 14.0 Å². The highest BCUT2D eigenvalue weighted by Crippen LogP contribution is 2.10. The molecule has 0 aliphatic heterocycles. The fourth-order valence-electron chi connectivity index (χ4n) is 1.98. The Labute approximate surface area is 114 Å². The molecule has 3 aromatic rings. The number of aromatic nitrogens is 3. The molecule has 0 N–H and O–H groups in total. The standard InChI is InChI=1S/C14H13N3OS/c1-2-16-7-3-4-12(16)6-5-11-10-13(18)17-8-9-19-14(17)15-11/h3-10H,2H2,1H3/b6-5+. The third-order valence-corrected chi connectivity index (χ3v) is 3.71. The molecule has 0 atom stereocenters. The van der Waals surface area contributed by atoms with E-state index in [0.29, 0.717) is 5.69 Å². The van der Waals surface area contributed by atoms with Crippen molar-refractivity contribution < 1.29 is 0 Å². The molecule has 4 nitrogen and oxygen atoms in total. The molecule has 96 valence electrons. The van der Waals surface area contributed by atoms with Crippen LogP contribution in [0.3, 0.4) is 0 Å². The Morgan fingerprint density at radius 2 is 2.26 bits per heavy atom. The maximum absolute atomic E-state index is 11.8. The summed E-state index contributed by atoms with van der Waals surface area (Å²) in [6.07, 6.45) is 7.63. The summed E-state index contributed by atoms with van der Waals surface area (Å²) in [6.45, 7) is 3.02. The van der Waals surface area contributed by atoms with Crippen LogP contribution in [0.4, 0.5) is 0 Å². The van der Waals surface area contributed by atoms with E-state index in [-0.39, 0.29) is 5.56 Å². The van der Waals surface area contributed by atoms with Crippen LogP contribution >= 0.6 is 11.3 Å². The predicted octanol–water partition coefficient (Wildman–Crippen LogP) is 2.75. The average molecular weight is 271 g/mol. The first kappa shape index (κ1) is 11.9. The summed E-state index contributed by atoms with van der Waals surface area (Å²) in [5, 5.41) is 1.86. The zero-order valence-corrected chi connectivity index (χ0v) is 11.3. The summed E-state index contributed by atoms with van der Waals surface area (Å²) in [5.41, 5.74) is 1.75. The third-order valence-electron chi connectivity index (χ3n) is 2.95. The number of aryl methyl sites for hydroxylation is 1. The van der Waals surface area contributed by atoms with Gasteiger partial charge in [0.1, 0.15) is 0 Å². The third kappa shape index (κ3) is 2.24. The van der Waals surface area contributed by atoms with E-state index in [2.05, 4.69) is 16.5 Å². The Hall–Kier alpha value is -2.14. The molecule has 0 saturated carbocycles. The van der Waals surface area contributed by atoms with Crippen molar-refractivity contribution in [3.63, 3.8) is 0 Å². The second-order valence-corrected chi connectivity index (χ2v) is 5.00. The Kier molecular flexibility index (Phi) is 3.05. The van der Waals surface area contributed by atoms with E-state index in [4.69, 9.17) is 0 Å². The number of hydrogen-bond acceptors (Lipinski definition) is 3. The first-order valence-corrected chi connectivity index (χ1v) is 6.96. The average Bonchev–Trinajstić information content (AvgIpc) is 3.04. The fraction of sp³-hybridized carbons (Fsp3) is 0.143. The van der Waals surface area contributed by atoms with Crippen molar-refractivity contribution in [3.8, 4) is 0 Å². The van der Waals surface area contributed by atoms with E-state index in [1.54, 1.807) is 16.7 Å². The number of nitrogens with zero attached hydrogens (tertiary/aromatic N) is 3. The molecule has 0 amide bonds. The van der Waals surface area contributed by atoms with E-state index in [0.717, 1.165) is 17.2 Å². The Morgan fingerprint density at radius 1 is 1.37 bits per heavy atom. The minimum absolute atomic E-state index is 0.0447. The highest BCUT2D eigenvalue weighted by Gasteiger charge is 2.01. The quantitative estimate of drug-likeness (QED) is 0.734. The SMILES string of the molecule is CCn1cccc1/C=C/c1cc(=O)n2ccsc2n1. The summed E-state index contributed by atoms with van der Waals surface area (Å²) in [7, 11) is 0. The van der Waals surface area contributed by atoms with Crippen LogP contribution in [0.1, 0.15) is 18.3 Å². The number of hydrogen-bond donors (Lipinski definition) is 0. The lowest BCUT2D eigenvalue weighted by Crippen LogP contribution is -2.11. The Bertz CT molecular complexity index is 794. The smallest absolute Gasteiger partial charge is 0.259 e. The topological polar surface area (TPSA) is 39.3 Å². The van der Waals surface area contributed by atoms with Crippen molar-refractivity contribution in [2.75, 3.05) is 0 Å². The van der Waals surface area contributed by atoms with E-state index in [9.17, 15) is 4.79 Å². The first-order valence-electron chi connectivity index (χ1n) is 6.08. The molecule has 19 heavy (non-hydrogen) atoms. The second-order valence-electron chi connectivity index (χ2n) is 4.13. The molecule has 3 rings (SSSR count). The van der Waals surface area contributed by atoms with Gasteiger partial charge in [-0.15, -0.1) is 11.3 Å². The van der Waals surface area contributed by atoms with E-state index < -0.39 is 0 Å². The van der Waals surface area contributed by atoms with Crippen LogP contribution in [0.5, 0.6) is 0 Å². The van der Waals surface area contributed by atoms with Gasteiger partial charge in [0.2, 0.25) is 0 Å². The highest BCUT2D eigenvalue weighted by atomic mass is 32.1. The minimum atomic E-state index is -0.0447. The van der Waals surface area contributed by atoms with Crippen LogP contribution in [-0.4, -0.2) is 14.0 Å². The van der Waals surface area contributed by atoms with Gasteiger partial charge in [0.05, 0.1) is 5.69 Å². The van der Waals surface area contributed by atoms with Gasteiger partial charge >= 0.3 is 0 Å². The lowest BCUT2D eigenvalue weighted by atomic mass is 10.3. The predicted molar refractivity (Wildman–Crippen MR) is 78.4 cm³/mol. The number of fused-ring (bicyclic) bond motifs is 1. The molecular formula is C14H13N3OS. The molecule has 3 heterocycles. The molecule has 0 aliphatic rings. The van der Waals surface area contributed by atoms with Gasteiger partial charge in [0.15, 0.2) is 4.96 Å². The summed E-state index contributed by atoms with van der Waals surface area (Å²) in [6, 6.07) is 5.60. The van der Waals surface area contributed by atoms with Crippen LogP contribution < -0.4 is 5.56 Å². The minimum Gasteiger partial charge on any atom is -0.348 e. The number of rotatable bonds is 3. The van der Waals surface area contributed by atoms with Gasteiger partial charge in [-0.05, 0) is 31.2 Å². The Balaban J connectivity index is 1.99. The number of thiazole rings is 1. The van der Waals surface area contributed by atoms with Gasteiger partial charge in [-0.2, -0.15) is 0 Å². The molecule has 0 spiro atoms. The van der Waals surface area contributed by atoms with Gasteiger partial charge in [-0.3, -0.25) is 9.20 Å². The molecule has 0 aliphatic carbocycles. The van der Waals surface area contributed by atoms with Crippen molar-refractivity contribution in [1.29, 1.82) is 0 Å². The molecular weight excluding hydrogens is 258 g/mol. The van der Waals surface area contributed by atoms with E-state index in [1.165, 1.54) is 11.3 Å². The van der Waals surface area contributed by atoms with Gasteiger partial charge in [-0.1, -0.05) is 0 Å². The van der Waals surface area contributed by atoms with Crippen molar-refractivity contribution in [3.05, 3.63) is 57.7 Å². The maximum atomic E-state index is 11.8. The van der Waals surface area contributed by atoms with Gasteiger partial charge in [0.25, 0.3) is 5.56 Å². The summed E-state index contributed by atoms with van der Waals surface area (Å²) >= 11 is 1.46. The molecule has 0 radical (unpaired) electrons. The van der Waals surface area contributed by atoms with Crippen LogP contribution in [0, 0.1) is 0 Å². The maximum Gasteiger partial charge on any atom is 0.259 e. The lowest BCUT2D eigenvalue weighted by Gasteiger charge is -2.00. The molecule has 0 bridgehead atoms. The molecule has 5 heteroatoms. The van der Waals surface area contributed by atoms with Crippen molar-refractivity contribution in [2.24, 2.45) is 0 Å². The summed E-state index contributed by atoms with van der Waals surface area (Å²) in [5.74, 6) is 0. The van der Waals surface area contributed by atoms with Crippen LogP contribution in [-0.2, 0) is 6.54 Å². The van der Waals surface area contributed by atoms with Crippen LogP contribution in [0.15, 0.2) is 40.8 Å². The van der Waals surface area contributed by atoms with Crippen molar-refractivity contribution >= 4 is 28.4 Å².